The molecule has 0 saturated heterocycles. The first-order valence-electron chi connectivity index (χ1n) is 10.5. The van der Waals surface area contributed by atoms with E-state index >= 15 is 0 Å². The van der Waals surface area contributed by atoms with Crippen LogP contribution in [0.3, 0.4) is 0 Å². The van der Waals surface area contributed by atoms with Crippen molar-refractivity contribution in [3.63, 3.8) is 0 Å². The molecule has 35 heavy (non-hydrogen) atoms. The number of aromatic amines is 1. The highest BCUT2D eigenvalue weighted by atomic mass is 32.2. The molecule has 0 saturated carbocycles. The van der Waals surface area contributed by atoms with E-state index in [9.17, 15) is 22.5 Å². The SMILES string of the molecule is CC(C)c1ccc(Nc2cc(Nc3ccccc3S(C)(=O)=O)c3nc(C(F)F)[nH]c3n2)nc1C#N. The Labute approximate surface area is 200 Å². The highest BCUT2D eigenvalue weighted by Crippen LogP contribution is 2.32. The number of halogens is 2. The largest absolute Gasteiger partial charge is 0.352 e. The third-order valence-electron chi connectivity index (χ3n) is 5.14. The van der Waals surface area contributed by atoms with Crippen LogP contribution in [0.4, 0.5) is 31.8 Å². The molecule has 3 heterocycles. The second-order valence-electron chi connectivity index (χ2n) is 8.09. The first kappa shape index (κ1) is 24.0. The molecule has 12 heteroatoms. The molecule has 0 amide bonds. The van der Waals surface area contributed by atoms with Crippen LogP contribution in [0.5, 0.6) is 0 Å². The highest BCUT2D eigenvalue weighted by Gasteiger charge is 2.19. The van der Waals surface area contributed by atoms with Crippen molar-refractivity contribution in [3.05, 3.63) is 59.5 Å². The summed E-state index contributed by atoms with van der Waals surface area (Å²) in [6.45, 7) is 3.90. The van der Waals surface area contributed by atoms with Crippen LogP contribution >= 0.6 is 0 Å². The Bertz CT molecular complexity index is 1560. The van der Waals surface area contributed by atoms with Crippen LogP contribution in [0.25, 0.3) is 11.2 Å². The zero-order chi connectivity index (χ0) is 25.3. The van der Waals surface area contributed by atoms with Gasteiger partial charge in [-0.25, -0.2) is 32.2 Å². The Morgan fingerprint density at radius 2 is 1.74 bits per heavy atom. The summed E-state index contributed by atoms with van der Waals surface area (Å²) in [5, 5.41) is 15.4. The molecule has 3 aromatic heterocycles. The smallest absolute Gasteiger partial charge is 0.295 e. The van der Waals surface area contributed by atoms with E-state index in [4.69, 9.17) is 0 Å². The minimum Gasteiger partial charge on any atom is -0.352 e. The first-order chi connectivity index (χ1) is 16.6. The molecular formula is C23H21F2N7O2S. The second kappa shape index (κ2) is 9.27. The minimum absolute atomic E-state index is 0.0358. The maximum Gasteiger partial charge on any atom is 0.295 e. The van der Waals surface area contributed by atoms with Gasteiger partial charge in [-0.05, 0) is 29.7 Å². The predicted molar refractivity (Wildman–Crippen MR) is 128 cm³/mol. The first-order valence-corrected chi connectivity index (χ1v) is 12.4. The summed E-state index contributed by atoms with van der Waals surface area (Å²) in [5.74, 6) is 0.0725. The van der Waals surface area contributed by atoms with Crippen molar-refractivity contribution < 1.29 is 17.2 Å². The van der Waals surface area contributed by atoms with Gasteiger partial charge in [0.15, 0.2) is 21.3 Å². The fraction of sp³-hybridized carbons (Fsp3) is 0.217. The van der Waals surface area contributed by atoms with E-state index < -0.39 is 22.1 Å². The Morgan fingerprint density at radius 1 is 1.00 bits per heavy atom. The van der Waals surface area contributed by atoms with Gasteiger partial charge in [-0.1, -0.05) is 32.0 Å². The monoisotopic (exact) mass is 497 g/mol. The molecule has 9 nitrogen and oxygen atoms in total. The summed E-state index contributed by atoms with van der Waals surface area (Å²) < 4.78 is 51.1. The number of hydrogen-bond acceptors (Lipinski definition) is 8. The average molecular weight is 498 g/mol. The number of rotatable bonds is 7. The number of nitriles is 1. The second-order valence-corrected chi connectivity index (χ2v) is 10.1. The van der Waals surface area contributed by atoms with Crippen LogP contribution in [0.15, 0.2) is 47.4 Å². The summed E-state index contributed by atoms with van der Waals surface area (Å²) in [6, 6.07) is 13.3. The summed E-state index contributed by atoms with van der Waals surface area (Å²) in [4.78, 5) is 15.1. The lowest BCUT2D eigenvalue weighted by Gasteiger charge is -2.13. The van der Waals surface area contributed by atoms with Crippen molar-refractivity contribution >= 4 is 44.0 Å². The molecule has 180 valence electrons. The van der Waals surface area contributed by atoms with Gasteiger partial charge in [-0.3, -0.25) is 0 Å². The number of hydrogen-bond donors (Lipinski definition) is 3. The van der Waals surface area contributed by atoms with Crippen molar-refractivity contribution in [2.75, 3.05) is 16.9 Å². The van der Waals surface area contributed by atoms with Crippen LogP contribution < -0.4 is 10.6 Å². The molecule has 0 aliphatic heterocycles. The van der Waals surface area contributed by atoms with Gasteiger partial charge in [0.25, 0.3) is 6.43 Å². The predicted octanol–water partition coefficient (Wildman–Crippen LogP) is 5.18. The van der Waals surface area contributed by atoms with E-state index in [1.807, 2.05) is 13.8 Å². The number of pyridine rings is 2. The number of benzene rings is 1. The molecule has 4 rings (SSSR count). The zero-order valence-corrected chi connectivity index (χ0v) is 19.8. The number of nitrogens with one attached hydrogen (secondary N) is 3. The lowest BCUT2D eigenvalue weighted by Crippen LogP contribution is -2.04. The van der Waals surface area contributed by atoms with Gasteiger partial charge in [0.1, 0.15) is 28.9 Å². The molecular weight excluding hydrogens is 476 g/mol. The number of H-pyrrole nitrogens is 1. The lowest BCUT2D eigenvalue weighted by atomic mass is 10.0. The number of sulfone groups is 1. The summed E-state index contributed by atoms with van der Waals surface area (Å²) >= 11 is 0. The fourth-order valence-corrected chi connectivity index (χ4v) is 4.38. The van der Waals surface area contributed by atoms with Gasteiger partial charge in [0.05, 0.1) is 16.3 Å². The molecule has 1 aromatic carbocycles. The molecule has 3 N–H and O–H groups in total. The number of imidazole rings is 1. The van der Waals surface area contributed by atoms with Crippen molar-refractivity contribution in [1.29, 1.82) is 5.26 Å². The van der Waals surface area contributed by atoms with Crippen LogP contribution in [0.1, 0.15) is 43.3 Å². The molecule has 0 aliphatic rings. The zero-order valence-electron chi connectivity index (χ0n) is 19.0. The normalized spacial score (nSPS) is 11.7. The summed E-state index contributed by atoms with van der Waals surface area (Å²) in [7, 11) is -3.58. The van der Waals surface area contributed by atoms with Gasteiger partial charge in [-0.15, -0.1) is 0 Å². The van der Waals surface area contributed by atoms with E-state index in [0.29, 0.717) is 5.82 Å². The standard InChI is InChI=1S/C23H21F2N7O2S/c1-12(2)13-8-9-18(28-16(13)11-26)29-19-10-15(20-22(30-19)32-23(31-20)21(24)25)27-14-6-4-5-7-17(14)35(3,33)34/h4-10,12,21H,1-3H3,(H3,27,28,29,30,31,32). The van der Waals surface area contributed by atoms with Crippen LogP contribution in [-0.2, 0) is 9.84 Å². The summed E-state index contributed by atoms with van der Waals surface area (Å²) in [5.41, 5.74) is 1.71. The maximum absolute atomic E-state index is 13.3. The molecule has 4 aromatic rings. The van der Waals surface area contributed by atoms with E-state index in [2.05, 4.69) is 36.6 Å². The number of nitrogens with zero attached hydrogens (tertiary/aromatic N) is 4. The molecule has 0 radical (unpaired) electrons. The van der Waals surface area contributed by atoms with E-state index in [0.717, 1.165) is 11.8 Å². The van der Waals surface area contributed by atoms with Crippen molar-refractivity contribution in [2.24, 2.45) is 0 Å². The third kappa shape index (κ3) is 5.04. The van der Waals surface area contributed by atoms with Gasteiger partial charge >= 0.3 is 0 Å². The van der Waals surface area contributed by atoms with Crippen molar-refractivity contribution in [3.8, 4) is 6.07 Å². The van der Waals surface area contributed by atoms with Crippen molar-refractivity contribution in [2.45, 2.75) is 31.1 Å². The molecule has 0 unspecified atom stereocenters. The maximum atomic E-state index is 13.3. The minimum atomic E-state index is -3.58. The number of alkyl halides is 2. The van der Waals surface area contributed by atoms with Crippen LogP contribution in [0.2, 0.25) is 0 Å². The van der Waals surface area contributed by atoms with E-state index in [-0.39, 0.29) is 44.9 Å². The number of aromatic nitrogens is 4. The molecule has 0 fully saturated rings. The third-order valence-corrected chi connectivity index (χ3v) is 6.30. The Kier molecular flexibility index (Phi) is 6.36. The quantitative estimate of drug-likeness (QED) is 0.318. The Hall–Kier alpha value is -4.11. The summed E-state index contributed by atoms with van der Waals surface area (Å²) in [6.07, 6.45) is -1.79. The lowest BCUT2D eigenvalue weighted by molar-refractivity contribution is 0.142. The van der Waals surface area contributed by atoms with Gasteiger partial charge in [-0.2, -0.15) is 5.26 Å². The van der Waals surface area contributed by atoms with Crippen molar-refractivity contribution in [1.82, 2.24) is 19.9 Å². The van der Waals surface area contributed by atoms with Crippen LogP contribution in [0, 0.1) is 11.3 Å². The van der Waals surface area contributed by atoms with Crippen LogP contribution in [-0.4, -0.2) is 34.6 Å². The highest BCUT2D eigenvalue weighted by molar-refractivity contribution is 7.90. The fourth-order valence-electron chi connectivity index (χ4n) is 3.54. The van der Waals surface area contributed by atoms with Gasteiger partial charge < -0.3 is 15.6 Å². The molecule has 0 spiro atoms. The Balaban J connectivity index is 1.81. The average Bonchev–Trinajstić information content (AvgIpc) is 3.23. The Morgan fingerprint density at radius 3 is 2.40 bits per heavy atom. The topological polar surface area (TPSA) is 136 Å². The number of anilines is 4. The van der Waals surface area contributed by atoms with E-state index in [1.54, 1.807) is 30.3 Å². The van der Waals surface area contributed by atoms with Gasteiger partial charge in [0.2, 0.25) is 0 Å². The molecule has 0 aliphatic carbocycles. The van der Waals surface area contributed by atoms with E-state index in [1.165, 1.54) is 12.1 Å². The number of para-hydroxylation sites is 1. The number of fused-ring (bicyclic) bond motifs is 1. The van der Waals surface area contributed by atoms with Gasteiger partial charge in [0, 0.05) is 12.3 Å². The molecule has 0 bridgehead atoms. The molecule has 0 atom stereocenters.